The number of rotatable bonds is 5. The SMILES string of the molecule is CCC1CCCCCN1CC(N)(CO)c1ccccc1. The van der Waals surface area contributed by atoms with Crippen LogP contribution >= 0.6 is 0 Å². The molecule has 0 aromatic heterocycles. The molecule has 1 aromatic rings. The van der Waals surface area contributed by atoms with Gasteiger partial charge < -0.3 is 10.8 Å². The average Bonchev–Trinajstić information content (AvgIpc) is 2.73. The smallest absolute Gasteiger partial charge is 0.0773 e. The lowest BCUT2D eigenvalue weighted by Crippen LogP contribution is -2.52. The summed E-state index contributed by atoms with van der Waals surface area (Å²) < 4.78 is 0. The number of likely N-dealkylation sites (tertiary alicyclic amines) is 1. The van der Waals surface area contributed by atoms with Crippen molar-refractivity contribution in [2.45, 2.75) is 50.6 Å². The number of hydrogen-bond acceptors (Lipinski definition) is 3. The predicted molar refractivity (Wildman–Crippen MR) is 83.5 cm³/mol. The van der Waals surface area contributed by atoms with Crippen molar-refractivity contribution in [3.8, 4) is 0 Å². The Morgan fingerprint density at radius 3 is 2.65 bits per heavy atom. The fourth-order valence-electron chi connectivity index (χ4n) is 3.27. The quantitative estimate of drug-likeness (QED) is 0.868. The molecule has 2 atom stereocenters. The Labute approximate surface area is 122 Å². The second-order valence-corrected chi connectivity index (χ2v) is 6.06. The highest BCUT2D eigenvalue weighted by atomic mass is 16.3. The van der Waals surface area contributed by atoms with Crippen molar-refractivity contribution < 1.29 is 5.11 Å². The Morgan fingerprint density at radius 1 is 1.25 bits per heavy atom. The molecule has 3 heteroatoms. The first-order valence-corrected chi connectivity index (χ1v) is 7.89. The Morgan fingerprint density at radius 2 is 2.00 bits per heavy atom. The molecule has 0 aliphatic carbocycles. The van der Waals surface area contributed by atoms with Crippen molar-refractivity contribution in [2.24, 2.45) is 5.73 Å². The van der Waals surface area contributed by atoms with E-state index in [2.05, 4.69) is 11.8 Å². The van der Waals surface area contributed by atoms with E-state index < -0.39 is 5.54 Å². The van der Waals surface area contributed by atoms with Crippen molar-refractivity contribution >= 4 is 0 Å². The molecule has 2 rings (SSSR count). The minimum absolute atomic E-state index is 0.00997. The summed E-state index contributed by atoms with van der Waals surface area (Å²) in [5.74, 6) is 0. The highest BCUT2D eigenvalue weighted by Gasteiger charge is 2.32. The van der Waals surface area contributed by atoms with Crippen LogP contribution in [0.3, 0.4) is 0 Å². The van der Waals surface area contributed by atoms with E-state index in [9.17, 15) is 5.11 Å². The van der Waals surface area contributed by atoms with Crippen LogP contribution in [0.15, 0.2) is 30.3 Å². The van der Waals surface area contributed by atoms with Crippen molar-refractivity contribution in [1.82, 2.24) is 4.90 Å². The molecule has 0 spiro atoms. The van der Waals surface area contributed by atoms with Crippen LogP contribution in [-0.2, 0) is 5.54 Å². The molecule has 1 saturated heterocycles. The molecule has 3 nitrogen and oxygen atoms in total. The Kier molecular flexibility index (Phi) is 5.58. The van der Waals surface area contributed by atoms with Crippen LogP contribution in [0.2, 0.25) is 0 Å². The molecule has 1 aromatic carbocycles. The van der Waals surface area contributed by atoms with Gasteiger partial charge in [0.15, 0.2) is 0 Å². The number of benzene rings is 1. The zero-order chi connectivity index (χ0) is 14.4. The van der Waals surface area contributed by atoms with E-state index in [1.807, 2.05) is 30.3 Å². The molecule has 1 fully saturated rings. The van der Waals surface area contributed by atoms with E-state index in [4.69, 9.17) is 5.73 Å². The predicted octanol–water partition coefficient (Wildman–Crippen LogP) is 2.49. The van der Waals surface area contributed by atoms with Gasteiger partial charge in [0.2, 0.25) is 0 Å². The van der Waals surface area contributed by atoms with E-state index in [0.717, 1.165) is 25.1 Å². The molecule has 0 amide bonds. The van der Waals surface area contributed by atoms with Gasteiger partial charge in [-0.15, -0.1) is 0 Å². The second-order valence-electron chi connectivity index (χ2n) is 6.06. The van der Waals surface area contributed by atoms with E-state index in [0.29, 0.717) is 6.04 Å². The third-order valence-electron chi connectivity index (χ3n) is 4.59. The van der Waals surface area contributed by atoms with Crippen molar-refractivity contribution in [3.05, 3.63) is 35.9 Å². The van der Waals surface area contributed by atoms with Gasteiger partial charge in [0.1, 0.15) is 0 Å². The number of aliphatic hydroxyl groups excluding tert-OH is 1. The molecule has 1 heterocycles. The molecule has 1 aliphatic rings. The lowest BCUT2D eigenvalue weighted by molar-refractivity contribution is 0.106. The summed E-state index contributed by atoms with van der Waals surface area (Å²) in [6.07, 6.45) is 6.29. The summed E-state index contributed by atoms with van der Waals surface area (Å²) in [5, 5.41) is 9.85. The zero-order valence-corrected chi connectivity index (χ0v) is 12.6. The first-order valence-electron chi connectivity index (χ1n) is 7.89. The molecule has 0 saturated carbocycles. The summed E-state index contributed by atoms with van der Waals surface area (Å²) in [4.78, 5) is 2.50. The van der Waals surface area contributed by atoms with Gasteiger partial charge in [-0.3, -0.25) is 4.90 Å². The minimum Gasteiger partial charge on any atom is -0.394 e. The van der Waals surface area contributed by atoms with E-state index in [1.54, 1.807) is 0 Å². The summed E-state index contributed by atoms with van der Waals surface area (Å²) in [5.41, 5.74) is 6.90. The van der Waals surface area contributed by atoms with Crippen LogP contribution < -0.4 is 5.73 Å². The normalized spacial score (nSPS) is 24.1. The standard InChI is InChI=1S/C17H28N2O/c1-2-16-11-7-4-8-12-19(16)13-17(18,14-20)15-9-5-3-6-10-15/h3,5-6,9-10,16,20H,2,4,7-8,11-14,18H2,1H3. The largest absolute Gasteiger partial charge is 0.394 e. The highest BCUT2D eigenvalue weighted by Crippen LogP contribution is 2.25. The van der Waals surface area contributed by atoms with Crippen molar-refractivity contribution in [1.29, 1.82) is 0 Å². The van der Waals surface area contributed by atoms with Gasteiger partial charge in [-0.25, -0.2) is 0 Å². The summed E-state index contributed by atoms with van der Waals surface area (Å²) in [6.45, 7) is 4.09. The maximum absolute atomic E-state index is 9.85. The molecule has 112 valence electrons. The monoisotopic (exact) mass is 276 g/mol. The number of aliphatic hydroxyl groups is 1. The van der Waals surface area contributed by atoms with Crippen LogP contribution in [0.4, 0.5) is 0 Å². The average molecular weight is 276 g/mol. The molecule has 0 radical (unpaired) electrons. The number of hydrogen-bond donors (Lipinski definition) is 2. The van der Waals surface area contributed by atoms with Gasteiger partial charge in [-0.1, -0.05) is 50.1 Å². The summed E-state index contributed by atoms with van der Waals surface area (Å²) in [7, 11) is 0. The molecule has 2 unspecified atom stereocenters. The number of nitrogens with two attached hydrogens (primary N) is 1. The van der Waals surface area contributed by atoms with Gasteiger partial charge in [0, 0.05) is 12.6 Å². The lowest BCUT2D eigenvalue weighted by Gasteiger charge is -2.38. The van der Waals surface area contributed by atoms with Crippen LogP contribution in [-0.4, -0.2) is 35.7 Å². The van der Waals surface area contributed by atoms with E-state index in [1.165, 1.54) is 25.7 Å². The maximum atomic E-state index is 9.85. The summed E-state index contributed by atoms with van der Waals surface area (Å²) in [6, 6.07) is 10.6. The molecule has 3 N–H and O–H groups in total. The maximum Gasteiger partial charge on any atom is 0.0773 e. The molecular formula is C17H28N2O. The molecular weight excluding hydrogens is 248 g/mol. The van der Waals surface area contributed by atoms with Crippen LogP contribution in [0.1, 0.15) is 44.6 Å². The second kappa shape index (κ2) is 7.21. The fourth-order valence-corrected chi connectivity index (χ4v) is 3.27. The van der Waals surface area contributed by atoms with Gasteiger partial charge in [0.05, 0.1) is 12.1 Å². The lowest BCUT2D eigenvalue weighted by atomic mass is 9.90. The highest BCUT2D eigenvalue weighted by molar-refractivity contribution is 5.24. The van der Waals surface area contributed by atoms with E-state index in [-0.39, 0.29) is 6.61 Å². The third-order valence-corrected chi connectivity index (χ3v) is 4.59. The fraction of sp³-hybridized carbons (Fsp3) is 0.647. The Balaban J connectivity index is 2.15. The van der Waals surface area contributed by atoms with Crippen LogP contribution in [0.25, 0.3) is 0 Å². The molecule has 0 bridgehead atoms. The van der Waals surface area contributed by atoms with Gasteiger partial charge in [-0.05, 0) is 31.4 Å². The number of nitrogens with zero attached hydrogens (tertiary/aromatic N) is 1. The molecule has 1 aliphatic heterocycles. The van der Waals surface area contributed by atoms with Crippen LogP contribution in [0.5, 0.6) is 0 Å². The van der Waals surface area contributed by atoms with Gasteiger partial charge in [-0.2, -0.15) is 0 Å². The van der Waals surface area contributed by atoms with Crippen LogP contribution in [0, 0.1) is 0 Å². The first-order chi connectivity index (χ1) is 9.69. The van der Waals surface area contributed by atoms with Gasteiger partial charge >= 0.3 is 0 Å². The van der Waals surface area contributed by atoms with Crippen molar-refractivity contribution in [2.75, 3.05) is 19.7 Å². The van der Waals surface area contributed by atoms with E-state index >= 15 is 0 Å². The minimum atomic E-state index is -0.654. The Hall–Kier alpha value is -0.900. The zero-order valence-electron chi connectivity index (χ0n) is 12.6. The third kappa shape index (κ3) is 3.60. The van der Waals surface area contributed by atoms with Gasteiger partial charge in [0.25, 0.3) is 0 Å². The summed E-state index contributed by atoms with van der Waals surface area (Å²) >= 11 is 0. The topological polar surface area (TPSA) is 49.5 Å². The first kappa shape index (κ1) is 15.5. The molecule has 20 heavy (non-hydrogen) atoms. The Bertz CT molecular complexity index is 395. The van der Waals surface area contributed by atoms with Crippen molar-refractivity contribution in [3.63, 3.8) is 0 Å².